The van der Waals surface area contributed by atoms with Gasteiger partial charge in [0.2, 0.25) is 0 Å². The van der Waals surface area contributed by atoms with Gasteiger partial charge in [-0.15, -0.1) is 0 Å². The second-order valence-electron chi connectivity index (χ2n) is 4.55. The van der Waals surface area contributed by atoms with Crippen molar-refractivity contribution in [3.8, 4) is 0 Å². The van der Waals surface area contributed by atoms with Crippen molar-refractivity contribution < 1.29 is 0 Å². The minimum Gasteiger partial charge on any atom is -0.331 e. The fourth-order valence-electron chi connectivity index (χ4n) is 1.77. The molecule has 0 radical (unpaired) electrons. The summed E-state index contributed by atoms with van der Waals surface area (Å²) in [7, 11) is 0. The number of hydrogen-bond donors (Lipinski definition) is 2. The van der Waals surface area contributed by atoms with Gasteiger partial charge < -0.3 is 5.32 Å². The average Bonchev–Trinajstić information content (AvgIpc) is 2.41. The summed E-state index contributed by atoms with van der Waals surface area (Å²) in [5, 5.41) is 7.71. The Bertz CT molecular complexity index is 635. The van der Waals surface area contributed by atoms with Crippen LogP contribution >= 0.6 is 12.2 Å². The van der Waals surface area contributed by atoms with Crippen molar-refractivity contribution in [3.05, 3.63) is 65.2 Å². The molecule has 3 nitrogen and oxygen atoms in total. The Labute approximate surface area is 124 Å². The van der Waals surface area contributed by atoms with Crippen molar-refractivity contribution in [2.75, 3.05) is 5.32 Å². The summed E-state index contributed by atoms with van der Waals surface area (Å²) in [6.07, 6.45) is 1.76. The van der Waals surface area contributed by atoms with Gasteiger partial charge in [-0.05, 0) is 54.9 Å². The van der Waals surface area contributed by atoms with Crippen LogP contribution in [0.4, 0.5) is 5.69 Å². The molecule has 20 heavy (non-hydrogen) atoms. The summed E-state index contributed by atoms with van der Waals surface area (Å²) in [6.45, 7) is 4.09. The molecule has 0 unspecified atom stereocenters. The number of nitrogens with one attached hydrogen (secondary N) is 2. The van der Waals surface area contributed by atoms with Crippen molar-refractivity contribution in [1.29, 1.82) is 0 Å². The SMILES string of the molecule is Cc1cccc(NC(=S)NN=Cc2ccccc2C)c1. The number of rotatable bonds is 3. The predicted molar refractivity (Wildman–Crippen MR) is 89.3 cm³/mol. The molecule has 0 aliphatic rings. The van der Waals surface area contributed by atoms with Gasteiger partial charge in [-0.1, -0.05) is 36.4 Å². The Balaban J connectivity index is 1.91. The van der Waals surface area contributed by atoms with Crippen LogP contribution in [0.15, 0.2) is 53.6 Å². The largest absolute Gasteiger partial charge is 0.331 e. The van der Waals surface area contributed by atoms with Gasteiger partial charge in [0.15, 0.2) is 5.11 Å². The number of hydrazone groups is 1. The molecule has 0 fully saturated rings. The van der Waals surface area contributed by atoms with Crippen LogP contribution < -0.4 is 10.7 Å². The third-order valence-electron chi connectivity index (χ3n) is 2.83. The highest BCUT2D eigenvalue weighted by Gasteiger charge is 1.96. The number of anilines is 1. The Morgan fingerprint density at radius 1 is 1.10 bits per heavy atom. The van der Waals surface area contributed by atoms with Gasteiger partial charge in [-0.2, -0.15) is 5.10 Å². The zero-order valence-corrected chi connectivity index (χ0v) is 12.4. The Morgan fingerprint density at radius 2 is 1.90 bits per heavy atom. The summed E-state index contributed by atoms with van der Waals surface area (Å²) in [5.41, 5.74) is 7.19. The van der Waals surface area contributed by atoms with Crippen molar-refractivity contribution in [3.63, 3.8) is 0 Å². The highest BCUT2D eigenvalue weighted by atomic mass is 32.1. The molecular weight excluding hydrogens is 266 g/mol. The molecule has 2 aromatic carbocycles. The van der Waals surface area contributed by atoms with E-state index in [4.69, 9.17) is 12.2 Å². The zero-order valence-electron chi connectivity index (χ0n) is 11.6. The van der Waals surface area contributed by atoms with E-state index in [1.54, 1.807) is 6.21 Å². The maximum atomic E-state index is 5.19. The Hall–Kier alpha value is -2.20. The predicted octanol–water partition coefficient (Wildman–Crippen LogP) is 3.62. The fourth-order valence-corrected chi connectivity index (χ4v) is 1.94. The highest BCUT2D eigenvalue weighted by Crippen LogP contribution is 2.09. The van der Waals surface area contributed by atoms with E-state index in [-0.39, 0.29) is 0 Å². The minimum absolute atomic E-state index is 0.473. The van der Waals surface area contributed by atoms with E-state index in [0.717, 1.165) is 11.3 Å². The molecule has 0 aliphatic heterocycles. The highest BCUT2D eigenvalue weighted by molar-refractivity contribution is 7.80. The van der Waals surface area contributed by atoms with E-state index in [2.05, 4.69) is 15.8 Å². The van der Waals surface area contributed by atoms with E-state index < -0.39 is 0 Å². The molecule has 2 rings (SSSR count). The molecule has 0 atom stereocenters. The molecule has 2 N–H and O–H groups in total. The molecule has 2 aromatic rings. The first-order valence-corrected chi connectivity index (χ1v) is 6.78. The first-order chi connectivity index (χ1) is 9.65. The van der Waals surface area contributed by atoms with Crippen molar-refractivity contribution in [2.45, 2.75) is 13.8 Å². The summed E-state index contributed by atoms with van der Waals surface area (Å²) in [6, 6.07) is 16.1. The maximum Gasteiger partial charge on any atom is 0.191 e. The maximum absolute atomic E-state index is 5.19. The first-order valence-electron chi connectivity index (χ1n) is 6.37. The number of aryl methyl sites for hydroxylation is 2. The van der Waals surface area contributed by atoms with Crippen LogP contribution in [0.1, 0.15) is 16.7 Å². The normalized spacial score (nSPS) is 10.5. The first kappa shape index (κ1) is 14.2. The van der Waals surface area contributed by atoms with Crippen LogP contribution in [0.3, 0.4) is 0 Å². The van der Waals surface area contributed by atoms with Crippen LogP contribution in [0.25, 0.3) is 0 Å². The second kappa shape index (κ2) is 6.82. The van der Waals surface area contributed by atoms with Gasteiger partial charge >= 0.3 is 0 Å². The lowest BCUT2D eigenvalue weighted by Crippen LogP contribution is -2.23. The van der Waals surface area contributed by atoms with Gasteiger partial charge in [-0.25, -0.2) is 0 Å². The van der Waals surface area contributed by atoms with Crippen molar-refractivity contribution >= 4 is 29.2 Å². The lowest BCUT2D eigenvalue weighted by molar-refractivity contribution is 1.05. The lowest BCUT2D eigenvalue weighted by Gasteiger charge is -2.07. The van der Waals surface area contributed by atoms with Gasteiger partial charge in [-0.3, -0.25) is 5.43 Å². The molecule has 0 aliphatic carbocycles. The third kappa shape index (κ3) is 4.17. The molecule has 0 saturated carbocycles. The number of hydrogen-bond acceptors (Lipinski definition) is 2. The summed E-state index contributed by atoms with van der Waals surface area (Å²) in [5.74, 6) is 0. The molecular formula is C16H17N3S. The van der Waals surface area contributed by atoms with E-state index in [1.165, 1.54) is 11.1 Å². The monoisotopic (exact) mass is 283 g/mol. The van der Waals surface area contributed by atoms with E-state index in [0.29, 0.717) is 5.11 Å². The van der Waals surface area contributed by atoms with Crippen LogP contribution in [0, 0.1) is 13.8 Å². The molecule has 0 heterocycles. The summed E-state index contributed by atoms with van der Waals surface area (Å²) < 4.78 is 0. The van der Waals surface area contributed by atoms with Crippen LogP contribution in [-0.2, 0) is 0 Å². The van der Waals surface area contributed by atoms with E-state index >= 15 is 0 Å². The Morgan fingerprint density at radius 3 is 2.65 bits per heavy atom. The summed E-state index contributed by atoms with van der Waals surface area (Å²) in [4.78, 5) is 0. The van der Waals surface area contributed by atoms with Gasteiger partial charge in [0, 0.05) is 5.69 Å². The van der Waals surface area contributed by atoms with Crippen molar-refractivity contribution in [1.82, 2.24) is 5.43 Å². The fraction of sp³-hybridized carbons (Fsp3) is 0.125. The smallest absolute Gasteiger partial charge is 0.191 e. The molecule has 0 saturated heterocycles. The average molecular weight is 283 g/mol. The van der Waals surface area contributed by atoms with Crippen LogP contribution in [0.2, 0.25) is 0 Å². The van der Waals surface area contributed by atoms with E-state index in [9.17, 15) is 0 Å². The molecule has 0 spiro atoms. The number of benzene rings is 2. The molecule has 102 valence electrons. The van der Waals surface area contributed by atoms with Gasteiger partial charge in [0.05, 0.1) is 6.21 Å². The second-order valence-corrected chi connectivity index (χ2v) is 4.96. The lowest BCUT2D eigenvalue weighted by atomic mass is 10.1. The van der Waals surface area contributed by atoms with Gasteiger partial charge in [0.25, 0.3) is 0 Å². The van der Waals surface area contributed by atoms with Crippen LogP contribution in [-0.4, -0.2) is 11.3 Å². The number of thiocarbonyl (C=S) groups is 1. The molecule has 0 aromatic heterocycles. The van der Waals surface area contributed by atoms with Gasteiger partial charge in [0.1, 0.15) is 0 Å². The molecule has 0 bridgehead atoms. The quantitative estimate of drug-likeness (QED) is 0.513. The number of nitrogens with zero attached hydrogens (tertiary/aromatic N) is 1. The van der Waals surface area contributed by atoms with E-state index in [1.807, 2.05) is 62.4 Å². The zero-order chi connectivity index (χ0) is 14.4. The topological polar surface area (TPSA) is 36.4 Å². The molecule has 0 amide bonds. The minimum atomic E-state index is 0.473. The molecule has 4 heteroatoms. The van der Waals surface area contributed by atoms with Crippen molar-refractivity contribution in [2.24, 2.45) is 5.10 Å². The van der Waals surface area contributed by atoms with Crippen LogP contribution in [0.5, 0.6) is 0 Å². The summed E-state index contributed by atoms with van der Waals surface area (Å²) >= 11 is 5.19. The Kier molecular flexibility index (Phi) is 4.85. The third-order valence-corrected chi connectivity index (χ3v) is 3.03. The standard InChI is InChI=1S/C16H17N3S/c1-12-6-5-9-15(10-12)18-16(20)19-17-11-14-8-4-3-7-13(14)2/h3-11H,1-2H3,(H2,18,19,20).